The average Bonchev–Trinajstić information content (AvgIpc) is 2.83. The summed E-state index contributed by atoms with van der Waals surface area (Å²) in [5.74, 6) is 1.87. The lowest BCUT2D eigenvalue weighted by atomic mass is 10.00. The Hall–Kier alpha value is -1.75. The highest BCUT2D eigenvalue weighted by molar-refractivity contribution is 5.78. The first-order valence-corrected chi connectivity index (χ1v) is 7.93. The SMILES string of the molecule is COc1cc(CCNC(=O)C2CCCNCC2)cc(OC)c1. The van der Waals surface area contributed by atoms with Crippen LogP contribution in [0.5, 0.6) is 11.5 Å². The van der Waals surface area contributed by atoms with Crippen LogP contribution in [0.1, 0.15) is 24.8 Å². The Morgan fingerprint density at radius 1 is 1.18 bits per heavy atom. The van der Waals surface area contributed by atoms with Crippen LogP contribution in [0.4, 0.5) is 0 Å². The highest BCUT2D eigenvalue weighted by Gasteiger charge is 2.19. The number of carbonyl (C=O) groups is 1. The van der Waals surface area contributed by atoms with Gasteiger partial charge in [0.25, 0.3) is 0 Å². The molecule has 0 spiro atoms. The molecule has 5 heteroatoms. The smallest absolute Gasteiger partial charge is 0.223 e. The molecule has 0 saturated carbocycles. The van der Waals surface area contributed by atoms with Crippen molar-refractivity contribution in [3.8, 4) is 11.5 Å². The van der Waals surface area contributed by atoms with E-state index in [1.807, 2.05) is 18.2 Å². The highest BCUT2D eigenvalue weighted by Crippen LogP contribution is 2.22. The maximum Gasteiger partial charge on any atom is 0.223 e. The van der Waals surface area contributed by atoms with E-state index < -0.39 is 0 Å². The first-order valence-electron chi connectivity index (χ1n) is 7.93. The molecule has 1 heterocycles. The van der Waals surface area contributed by atoms with E-state index in [0.717, 1.165) is 55.8 Å². The van der Waals surface area contributed by atoms with Gasteiger partial charge in [-0.3, -0.25) is 4.79 Å². The van der Waals surface area contributed by atoms with E-state index in [0.29, 0.717) is 6.54 Å². The molecule has 22 heavy (non-hydrogen) atoms. The predicted octanol–water partition coefficient (Wildman–Crippen LogP) is 1.75. The van der Waals surface area contributed by atoms with Gasteiger partial charge in [0.15, 0.2) is 0 Å². The number of carbonyl (C=O) groups excluding carboxylic acids is 1. The Kier molecular flexibility index (Phi) is 6.52. The lowest BCUT2D eigenvalue weighted by Gasteiger charge is -2.14. The minimum atomic E-state index is 0.148. The van der Waals surface area contributed by atoms with Crippen LogP contribution in [-0.2, 0) is 11.2 Å². The summed E-state index contributed by atoms with van der Waals surface area (Å²) in [6.45, 7) is 2.59. The monoisotopic (exact) mass is 306 g/mol. The molecule has 0 aliphatic carbocycles. The fourth-order valence-electron chi connectivity index (χ4n) is 2.77. The second kappa shape index (κ2) is 8.63. The minimum absolute atomic E-state index is 0.148. The minimum Gasteiger partial charge on any atom is -0.497 e. The van der Waals surface area contributed by atoms with Gasteiger partial charge in [0.05, 0.1) is 14.2 Å². The molecule has 1 atom stereocenters. The molecule has 1 amide bonds. The first-order chi connectivity index (χ1) is 10.7. The largest absolute Gasteiger partial charge is 0.497 e. The van der Waals surface area contributed by atoms with Crippen molar-refractivity contribution in [2.45, 2.75) is 25.7 Å². The zero-order valence-electron chi connectivity index (χ0n) is 13.5. The molecule has 2 N–H and O–H groups in total. The Balaban J connectivity index is 1.83. The summed E-state index contributed by atoms with van der Waals surface area (Å²) < 4.78 is 10.5. The van der Waals surface area contributed by atoms with Crippen molar-refractivity contribution in [1.29, 1.82) is 0 Å². The van der Waals surface area contributed by atoms with Crippen molar-refractivity contribution in [3.05, 3.63) is 23.8 Å². The zero-order chi connectivity index (χ0) is 15.8. The number of rotatable bonds is 6. The fourth-order valence-corrected chi connectivity index (χ4v) is 2.77. The van der Waals surface area contributed by atoms with Gasteiger partial charge in [0.1, 0.15) is 11.5 Å². The molecular formula is C17H26N2O3. The number of hydrogen-bond donors (Lipinski definition) is 2. The van der Waals surface area contributed by atoms with Crippen LogP contribution in [0.25, 0.3) is 0 Å². The molecule has 1 aromatic carbocycles. The van der Waals surface area contributed by atoms with Gasteiger partial charge in [-0.05, 0) is 56.5 Å². The van der Waals surface area contributed by atoms with E-state index in [9.17, 15) is 4.79 Å². The van der Waals surface area contributed by atoms with Gasteiger partial charge in [0, 0.05) is 18.5 Å². The van der Waals surface area contributed by atoms with E-state index in [4.69, 9.17) is 9.47 Å². The van der Waals surface area contributed by atoms with Crippen LogP contribution in [-0.4, -0.2) is 39.8 Å². The van der Waals surface area contributed by atoms with Crippen LogP contribution in [0.2, 0.25) is 0 Å². The highest BCUT2D eigenvalue weighted by atomic mass is 16.5. The summed E-state index contributed by atoms with van der Waals surface area (Å²) in [4.78, 5) is 12.2. The number of amides is 1. The molecule has 122 valence electrons. The number of ether oxygens (including phenoxy) is 2. The molecular weight excluding hydrogens is 280 g/mol. The third kappa shape index (κ3) is 4.91. The number of benzene rings is 1. The zero-order valence-corrected chi connectivity index (χ0v) is 13.5. The van der Waals surface area contributed by atoms with Gasteiger partial charge in [0.2, 0.25) is 5.91 Å². The Labute approximate surface area is 132 Å². The lowest BCUT2D eigenvalue weighted by molar-refractivity contribution is -0.125. The summed E-state index contributed by atoms with van der Waals surface area (Å²) in [7, 11) is 3.28. The normalized spacial score (nSPS) is 18.4. The number of hydrogen-bond acceptors (Lipinski definition) is 4. The fraction of sp³-hybridized carbons (Fsp3) is 0.588. The second-order valence-electron chi connectivity index (χ2n) is 5.64. The third-order valence-electron chi connectivity index (χ3n) is 4.07. The summed E-state index contributed by atoms with van der Waals surface area (Å²) in [5.41, 5.74) is 1.10. The molecule has 0 bridgehead atoms. The average molecular weight is 306 g/mol. The molecule has 1 aliphatic rings. The van der Waals surface area contributed by atoms with Crippen molar-refractivity contribution in [2.75, 3.05) is 33.9 Å². The molecule has 0 aromatic heterocycles. The van der Waals surface area contributed by atoms with E-state index in [1.165, 1.54) is 0 Å². The number of methoxy groups -OCH3 is 2. The molecule has 5 nitrogen and oxygen atoms in total. The van der Waals surface area contributed by atoms with Crippen LogP contribution in [0.15, 0.2) is 18.2 Å². The van der Waals surface area contributed by atoms with Gasteiger partial charge in [-0.25, -0.2) is 0 Å². The van der Waals surface area contributed by atoms with Gasteiger partial charge in [-0.2, -0.15) is 0 Å². The quantitative estimate of drug-likeness (QED) is 0.841. The van der Waals surface area contributed by atoms with Crippen molar-refractivity contribution in [1.82, 2.24) is 10.6 Å². The summed E-state index contributed by atoms with van der Waals surface area (Å²) in [6.07, 6.45) is 3.75. The molecule has 2 rings (SSSR count). The molecule has 1 aromatic rings. The maximum absolute atomic E-state index is 12.2. The standard InChI is InChI=1S/C17H26N2O3/c1-21-15-10-13(11-16(12-15)22-2)5-9-19-17(20)14-4-3-7-18-8-6-14/h10-12,14,18H,3-9H2,1-2H3,(H,19,20). The van der Waals surface area contributed by atoms with Gasteiger partial charge in [-0.1, -0.05) is 0 Å². The van der Waals surface area contributed by atoms with Gasteiger partial charge < -0.3 is 20.1 Å². The lowest BCUT2D eigenvalue weighted by Crippen LogP contribution is -2.32. The van der Waals surface area contributed by atoms with Gasteiger partial charge in [-0.15, -0.1) is 0 Å². The van der Waals surface area contributed by atoms with E-state index in [-0.39, 0.29) is 11.8 Å². The molecule has 1 aliphatic heterocycles. The van der Waals surface area contributed by atoms with E-state index >= 15 is 0 Å². The maximum atomic E-state index is 12.2. The Morgan fingerprint density at radius 3 is 2.59 bits per heavy atom. The molecule has 1 unspecified atom stereocenters. The van der Waals surface area contributed by atoms with Crippen LogP contribution >= 0.6 is 0 Å². The summed E-state index contributed by atoms with van der Waals surface area (Å²) >= 11 is 0. The Bertz CT molecular complexity index is 461. The van der Waals surface area contributed by atoms with Crippen LogP contribution in [0.3, 0.4) is 0 Å². The number of nitrogens with one attached hydrogen (secondary N) is 2. The van der Waals surface area contributed by atoms with Crippen molar-refractivity contribution < 1.29 is 14.3 Å². The predicted molar refractivity (Wildman–Crippen MR) is 86.5 cm³/mol. The van der Waals surface area contributed by atoms with Crippen molar-refractivity contribution >= 4 is 5.91 Å². The third-order valence-corrected chi connectivity index (χ3v) is 4.07. The topological polar surface area (TPSA) is 59.6 Å². The van der Waals surface area contributed by atoms with Crippen LogP contribution in [0, 0.1) is 5.92 Å². The molecule has 0 radical (unpaired) electrons. The first kappa shape index (κ1) is 16.6. The van der Waals surface area contributed by atoms with Gasteiger partial charge >= 0.3 is 0 Å². The molecule has 1 saturated heterocycles. The second-order valence-corrected chi connectivity index (χ2v) is 5.64. The van der Waals surface area contributed by atoms with E-state index in [1.54, 1.807) is 14.2 Å². The van der Waals surface area contributed by atoms with Crippen molar-refractivity contribution in [2.24, 2.45) is 5.92 Å². The summed E-state index contributed by atoms with van der Waals surface area (Å²) in [5, 5.41) is 6.39. The Morgan fingerprint density at radius 2 is 1.91 bits per heavy atom. The van der Waals surface area contributed by atoms with Crippen molar-refractivity contribution in [3.63, 3.8) is 0 Å². The van der Waals surface area contributed by atoms with Crippen LogP contribution < -0.4 is 20.1 Å². The van der Waals surface area contributed by atoms with E-state index in [2.05, 4.69) is 10.6 Å². The molecule has 1 fully saturated rings. The summed E-state index contributed by atoms with van der Waals surface area (Å²) in [6, 6.07) is 5.80.